The molecule has 1 unspecified atom stereocenters. The molecule has 0 spiro atoms. The number of hydrogen-bond donors (Lipinski definition) is 0. The van der Waals surface area contributed by atoms with Gasteiger partial charge in [0.25, 0.3) is 0 Å². The average molecular weight is 338 g/mol. The van der Waals surface area contributed by atoms with Crippen LogP contribution in [0.25, 0.3) is 0 Å². The largest absolute Gasteiger partial charge is 0.466 e. The van der Waals surface area contributed by atoms with E-state index in [4.69, 9.17) is 18.5 Å². The smallest absolute Gasteiger partial charge is 0.334 e. The normalized spacial score (nSPS) is 12.7. The molecule has 7 nitrogen and oxygen atoms in total. The lowest BCUT2D eigenvalue weighted by Crippen LogP contribution is -2.21. The fourth-order valence-electron chi connectivity index (χ4n) is 1.91. The molecule has 0 saturated heterocycles. The number of ether oxygens (including phenoxy) is 2. The maximum Gasteiger partial charge on any atom is 0.334 e. The molecular weight excluding hydrogens is 311 g/mol. The highest BCUT2D eigenvalue weighted by Crippen LogP contribution is 2.55. The summed E-state index contributed by atoms with van der Waals surface area (Å²) in [5.74, 6) is -0.896. The van der Waals surface area contributed by atoms with E-state index in [0.717, 1.165) is 0 Å². The minimum atomic E-state index is -3.49. The molecule has 0 amide bonds. The predicted octanol–water partition coefficient (Wildman–Crippen LogP) is 2.92. The molecule has 0 bridgehead atoms. The molecule has 0 aromatic heterocycles. The van der Waals surface area contributed by atoms with Gasteiger partial charge in [-0.1, -0.05) is 0 Å². The topological polar surface area (TPSA) is 88.1 Å². The summed E-state index contributed by atoms with van der Waals surface area (Å²) in [6, 6.07) is 0. The van der Waals surface area contributed by atoms with E-state index >= 15 is 0 Å². The molecule has 0 aromatic rings. The van der Waals surface area contributed by atoms with Crippen LogP contribution in [0.3, 0.4) is 0 Å². The molecule has 22 heavy (non-hydrogen) atoms. The molecule has 1 atom stereocenters. The Balaban J connectivity index is 4.98. The summed E-state index contributed by atoms with van der Waals surface area (Å²) in [7, 11) is -3.49. The van der Waals surface area contributed by atoms with Crippen LogP contribution in [0.15, 0.2) is 0 Å². The maximum atomic E-state index is 12.8. The zero-order chi connectivity index (χ0) is 17.0. The summed E-state index contributed by atoms with van der Waals surface area (Å²) in [5.41, 5.74) is -0.726. The zero-order valence-corrected chi connectivity index (χ0v) is 14.7. The van der Waals surface area contributed by atoms with Crippen LogP contribution in [0.4, 0.5) is 0 Å². The van der Waals surface area contributed by atoms with Crippen LogP contribution in [0.5, 0.6) is 0 Å². The van der Waals surface area contributed by atoms with Gasteiger partial charge in [-0.25, -0.2) is 0 Å². The molecule has 0 fully saturated rings. The van der Waals surface area contributed by atoms with Gasteiger partial charge >= 0.3 is 19.5 Å². The predicted molar refractivity (Wildman–Crippen MR) is 81.8 cm³/mol. The molecule has 0 radical (unpaired) electrons. The Morgan fingerprint density at radius 1 is 0.864 bits per heavy atom. The lowest BCUT2D eigenvalue weighted by Gasteiger charge is -2.25. The van der Waals surface area contributed by atoms with Gasteiger partial charge in [0.2, 0.25) is 0 Å². The first-order chi connectivity index (χ1) is 10.4. The van der Waals surface area contributed by atoms with Crippen LogP contribution in [0.1, 0.15) is 47.0 Å². The van der Waals surface area contributed by atoms with Crippen molar-refractivity contribution in [2.45, 2.75) is 52.6 Å². The van der Waals surface area contributed by atoms with E-state index in [-0.39, 0.29) is 45.7 Å². The molecule has 0 aliphatic heterocycles. The van der Waals surface area contributed by atoms with Crippen molar-refractivity contribution in [1.82, 2.24) is 0 Å². The molecule has 130 valence electrons. The van der Waals surface area contributed by atoms with Crippen LogP contribution in [-0.4, -0.2) is 44.0 Å². The Hall–Kier alpha value is -0.910. The number of rotatable bonds is 12. The second kappa shape index (κ2) is 11.6. The number of esters is 2. The monoisotopic (exact) mass is 338 g/mol. The molecule has 0 aliphatic carbocycles. The highest BCUT2D eigenvalue weighted by molar-refractivity contribution is 7.54. The molecule has 0 aromatic carbocycles. The van der Waals surface area contributed by atoms with Gasteiger partial charge in [-0.05, 0) is 34.1 Å². The van der Waals surface area contributed by atoms with Gasteiger partial charge in [-0.15, -0.1) is 0 Å². The Labute approximate surface area is 132 Å². The van der Waals surface area contributed by atoms with Crippen LogP contribution in [0.2, 0.25) is 0 Å². The van der Waals surface area contributed by atoms with Crippen LogP contribution in [0, 0.1) is 0 Å². The van der Waals surface area contributed by atoms with Crippen molar-refractivity contribution in [3.05, 3.63) is 0 Å². The number of hydrogen-bond acceptors (Lipinski definition) is 7. The van der Waals surface area contributed by atoms with Gasteiger partial charge in [0, 0.05) is 6.42 Å². The summed E-state index contributed by atoms with van der Waals surface area (Å²) in [5, 5.41) is 0. The van der Waals surface area contributed by atoms with Gasteiger partial charge < -0.3 is 18.5 Å². The van der Waals surface area contributed by atoms with E-state index in [0.29, 0.717) is 0 Å². The Morgan fingerprint density at radius 2 is 1.36 bits per heavy atom. The molecule has 0 rings (SSSR count). The van der Waals surface area contributed by atoms with Crippen molar-refractivity contribution in [3.63, 3.8) is 0 Å². The van der Waals surface area contributed by atoms with Crippen LogP contribution in [-0.2, 0) is 32.7 Å². The summed E-state index contributed by atoms with van der Waals surface area (Å²) >= 11 is 0. The third-order valence-corrected chi connectivity index (χ3v) is 5.33. The fourth-order valence-corrected chi connectivity index (χ4v) is 3.94. The summed E-state index contributed by atoms with van der Waals surface area (Å²) < 4.78 is 33.1. The van der Waals surface area contributed by atoms with Crippen molar-refractivity contribution < 1.29 is 32.7 Å². The van der Waals surface area contributed by atoms with Crippen molar-refractivity contribution in [3.8, 4) is 0 Å². The van der Waals surface area contributed by atoms with E-state index in [1.165, 1.54) is 0 Å². The first kappa shape index (κ1) is 21.1. The summed E-state index contributed by atoms with van der Waals surface area (Å²) in [6.45, 7) is 7.67. The quantitative estimate of drug-likeness (QED) is 0.399. The average Bonchev–Trinajstić information content (AvgIpc) is 2.44. The van der Waals surface area contributed by atoms with Gasteiger partial charge in [0.15, 0.2) is 0 Å². The molecular formula is C14H27O7P. The van der Waals surface area contributed by atoms with Gasteiger partial charge in [0.1, 0.15) is 0 Å². The summed E-state index contributed by atoms with van der Waals surface area (Å²) in [4.78, 5) is 23.2. The van der Waals surface area contributed by atoms with Crippen LogP contribution < -0.4 is 0 Å². The lowest BCUT2D eigenvalue weighted by atomic mass is 10.2. The molecule has 0 saturated carbocycles. The maximum absolute atomic E-state index is 12.8. The third-order valence-electron chi connectivity index (χ3n) is 2.76. The number of carbonyl (C=O) groups is 2. The minimum Gasteiger partial charge on any atom is -0.466 e. The van der Waals surface area contributed by atoms with Crippen LogP contribution >= 0.6 is 7.60 Å². The Kier molecular flexibility index (Phi) is 11.1. The molecule has 0 heterocycles. The first-order valence-corrected chi connectivity index (χ1v) is 9.24. The minimum absolute atomic E-state index is 0.0437. The first-order valence-electron chi connectivity index (χ1n) is 7.63. The highest BCUT2D eigenvalue weighted by atomic mass is 31.2. The fraction of sp³-hybridized carbons (Fsp3) is 0.857. The molecule has 0 N–H and O–H groups in total. The third kappa shape index (κ3) is 7.92. The van der Waals surface area contributed by atoms with E-state index in [2.05, 4.69) is 0 Å². The summed E-state index contributed by atoms with van der Waals surface area (Å²) in [6.07, 6.45) is 0.0987. The molecule has 8 heteroatoms. The van der Waals surface area contributed by atoms with Gasteiger partial charge in [-0.3, -0.25) is 14.2 Å². The Bertz CT molecular complexity index is 373. The Morgan fingerprint density at radius 3 is 1.82 bits per heavy atom. The second-order valence-corrected chi connectivity index (χ2v) is 6.71. The van der Waals surface area contributed by atoms with E-state index in [9.17, 15) is 14.2 Å². The van der Waals surface area contributed by atoms with Crippen molar-refractivity contribution in [2.24, 2.45) is 0 Å². The van der Waals surface area contributed by atoms with Gasteiger partial charge in [0.05, 0.1) is 38.5 Å². The SMILES string of the molecule is CCOC(=O)CCC(CC(=O)OCC)P(=O)(OCC)OCC. The highest BCUT2D eigenvalue weighted by Gasteiger charge is 2.37. The van der Waals surface area contributed by atoms with Crippen molar-refractivity contribution in [2.75, 3.05) is 26.4 Å². The standard InChI is InChI=1S/C14H27O7P/c1-5-18-13(15)10-9-12(11-14(16)19-6-2)22(17,20-7-3)21-8-4/h12H,5-11H2,1-4H3. The lowest BCUT2D eigenvalue weighted by molar-refractivity contribution is -0.145. The van der Waals surface area contributed by atoms with Gasteiger partial charge in [-0.2, -0.15) is 0 Å². The van der Waals surface area contributed by atoms with E-state index in [1.807, 2.05) is 0 Å². The zero-order valence-electron chi connectivity index (χ0n) is 13.8. The van der Waals surface area contributed by atoms with E-state index < -0.39 is 25.2 Å². The molecule has 0 aliphatic rings. The van der Waals surface area contributed by atoms with Crippen molar-refractivity contribution in [1.29, 1.82) is 0 Å². The second-order valence-electron chi connectivity index (χ2n) is 4.38. The van der Waals surface area contributed by atoms with E-state index in [1.54, 1.807) is 27.7 Å². The number of carbonyl (C=O) groups excluding carboxylic acids is 2. The van der Waals surface area contributed by atoms with Crippen molar-refractivity contribution >= 4 is 19.5 Å².